The van der Waals surface area contributed by atoms with Crippen LogP contribution >= 0.6 is 35.3 Å². The molecule has 0 saturated heterocycles. The van der Waals surface area contributed by atoms with Gasteiger partial charge in [-0.3, -0.25) is 0 Å². The second-order valence-corrected chi connectivity index (χ2v) is 17.7. The normalized spacial score (nSPS) is 13.6. The first-order chi connectivity index (χ1) is 27.0. The number of hydrogen-bond donors (Lipinski definition) is 0. The smallest absolute Gasteiger partial charge is 0.0462 e. The fourth-order valence-electron chi connectivity index (χ4n) is 7.93. The van der Waals surface area contributed by atoms with Crippen molar-refractivity contribution in [3.63, 3.8) is 0 Å². The summed E-state index contributed by atoms with van der Waals surface area (Å²) in [5.74, 6) is 0. The topological polar surface area (TPSA) is 3.24 Å². The standard InChI is InChI=1S/C51H37NS3/c1-51(2)43-16-6-7-18-45(43)54-49-41(14-10-17-44(49)51)36-24-30-39(31-25-36)52(38-28-22-35(23-29-38)34-12-4-3-5-13-34)40-32-26-37(27-33-40)42-15-11-21-48-50(42)55-47-20-9-8-19-46(47)53-48/h3-33H,1-2H3. The van der Waals surface area contributed by atoms with Gasteiger partial charge in [-0.15, -0.1) is 0 Å². The van der Waals surface area contributed by atoms with Crippen molar-refractivity contribution >= 4 is 52.3 Å². The molecule has 8 aromatic rings. The molecule has 0 fully saturated rings. The highest BCUT2D eigenvalue weighted by Crippen LogP contribution is 2.53. The van der Waals surface area contributed by atoms with Gasteiger partial charge in [-0.2, -0.15) is 0 Å². The van der Waals surface area contributed by atoms with Gasteiger partial charge in [0.05, 0.1) is 0 Å². The Morgan fingerprint density at radius 1 is 0.327 bits per heavy atom. The van der Waals surface area contributed by atoms with Gasteiger partial charge >= 0.3 is 0 Å². The third kappa shape index (κ3) is 6.19. The summed E-state index contributed by atoms with van der Waals surface area (Å²) < 4.78 is 0. The first kappa shape index (κ1) is 34.1. The van der Waals surface area contributed by atoms with E-state index in [1.807, 2.05) is 35.3 Å². The lowest BCUT2D eigenvalue weighted by Crippen LogP contribution is -2.23. The van der Waals surface area contributed by atoms with E-state index < -0.39 is 0 Å². The van der Waals surface area contributed by atoms with E-state index in [-0.39, 0.29) is 5.41 Å². The van der Waals surface area contributed by atoms with E-state index in [0.29, 0.717) is 0 Å². The first-order valence-corrected chi connectivity index (χ1v) is 21.1. The molecule has 4 heteroatoms. The van der Waals surface area contributed by atoms with Gasteiger partial charge in [-0.05, 0) is 105 Å². The van der Waals surface area contributed by atoms with E-state index >= 15 is 0 Å². The van der Waals surface area contributed by atoms with Gasteiger partial charge in [0.2, 0.25) is 0 Å². The molecule has 0 unspecified atom stereocenters. The van der Waals surface area contributed by atoms with Gasteiger partial charge in [-0.25, -0.2) is 0 Å². The van der Waals surface area contributed by atoms with Crippen molar-refractivity contribution < 1.29 is 0 Å². The molecule has 2 aliphatic heterocycles. The van der Waals surface area contributed by atoms with Gasteiger partial charge in [-0.1, -0.05) is 177 Å². The maximum absolute atomic E-state index is 2.37. The quantitative estimate of drug-likeness (QED) is 0.166. The fourth-order valence-corrected chi connectivity index (χ4v) is 11.9. The zero-order chi connectivity index (χ0) is 36.9. The predicted octanol–water partition coefficient (Wildman–Crippen LogP) is 15.6. The molecule has 2 aliphatic rings. The summed E-state index contributed by atoms with van der Waals surface area (Å²) in [6, 6.07) is 68.9. The molecule has 8 aromatic carbocycles. The molecule has 0 saturated carbocycles. The molecule has 0 aliphatic carbocycles. The van der Waals surface area contributed by atoms with E-state index in [9.17, 15) is 0 Å². The molecule has 0 radical (unpaired) electrons. The number of nitrogens with zero attached hydrogens (tertiary/aromatic N) is 1. The van der Waals surface area contributed by atoms with Crippen LogP contribution in [-0.4, -0.2) is 0 Å². The highest BCUT2D eigenvalue weighted by atomic mass is 32.2. The van der Waals surface area contributed by atoms with Gasteiger partial charge in [0.1, 0.15) is 0 Å². The third-order valence-electron chi connectivity index (χ3n) is 10.8. The predicted molar refractivity (Wildman–Crippen MR) is 235 cm³/mol. The van der Waals surface area contributed by atoms with Crippen molar-refractivity contribution in [3.05, 3.63) is 199 Å². The molecule has 55 heavy (non-hydrogen) atoms. The Morgan fingerprint density at radius 2 is 0.764 bits per heavy atom. The van der Waals surface area contributed by atoms with Gasteiger partial charge in [0.25, 0.3) is 0 Å². The molecule has 0 bridgehead atoms. The molecular weight excluding hydrogens is 723 g/mol. The second kappa shape index (κ2) is 14.0. The van der Waals surface area contributed by atoms with Crippen LogP contribution in [0, 0.1) is 0 Å². The Balaban J connectivity index is 1.02. The average Bonchev–Trinajstić information content (AvgIpc) is 3.24. The molecular formula is C51H37NS3. The monoisotopic (exact) mass is 759 g/mol. The van der Waals surface area contributed by atoms with E-state index in [1.54, 1.807) is 0 Å². The van der Waals surface area contributed by atoms with Crippen LogP contribution in [0.1, 0.15) is 25.0 Å². The third-order valence-corrected chi connectivity index (χ3v) is 14.7. The molecule has 2 heterocycles. The SMILES string of the molecule is CC1(C)c2ccccc2Sc2c(-c3ccc(N(c4ccc(-c5ccccc5)cc4)c4ccc(-c5cccc6c5Sc5ccccc5S6)cc4)cc3)cccc21. The Morgan fingerprint density at radius 3 is 1.40 bits per heavy atom. The van der Waals surface area contributed by atoms with Gasteiger partial charge in [0, 0.05) is 51.9 Å². The minimum absolute atomic E-state index is 0.0664. The summed E-state index contributed by atoms with van der Waals surface area (Å²) in [5, 5.41) is 0. The summed E-state index contributed by atoms with van der Waals surface area (Å²) in [6.07, 6.45) is 0. The summed E-state index contributed by atoms with van der Waals surface area (Å²) in [7, 11) is 0. The fraction of sp³-hybridized carbons (Fsp3) is 0.0588. The van der Waals surface area contributed by atoms with Crippen LogP contribution in [-0.2, 0) is 5.41 Å². The number of hydrogen-bond acceptors (Lipinski definition) is 4. The van der Waals surface area contributed by atoms with Crippen molar-refractivity contribution in [1.82, 2.24) is 0 Å². The minimum Gasteiger partial charge on any atom is -0.311 e. The van der Waals surface area contributed by atoms with Crippen molar-refractivity contribution in [1.29, 1.82) is 0 Å². The average molecular weight is 760 g/mol. The summed E-state index contributed by atoms with van der Waals surface area (Å²) in [6.45, 7) is 4.71. The van der Waals surface area contributed by atoms with Crippen molar-refractivity contribution in [2.75, 3.05) is 4.90 Å². The van der Waals surface area contributed by atoms with Crippen LogP contribution in [0.2, 0.25) is 0 Å². The lowest BCUT2D eigenvalue weighted by Gasteiger charge is -2.35. The zero-order valence-electron chi connectivity index (χ0n) is 30.6. The molecule has 0 spiro atoms. The van der Waals surface area contributed by atoms with E-state index in [1.165, 1.54) is 73.9 Å². The Kier molecular flexibility index (Phi) is 8.71. The highest BCUT2D eigenvalue weighted by Gasteiger charge is 2.34. The van der Waals surface area contributed by atoms with Crippen LogP contribution in [0.3, 0.4) is 0 Å². The van der Waals surface area contributed by atoms with Crippen molar-refractivity contribution in [2.45, 2.75) is 48.6 Å². The van der Waals surface area contributed by atoms with E-state index in [2.05, 4.69) is 207 Å². The number of anilines is 3. The number of benzene rings is 8. The van der Waals surface area contributed by atoms with Gasteiger partial charge < -0.3 is 4.90 Å². The van der Waals surface area contributed by atoms with Gasteiger partial charge in [0.15, 0.2) is 0 Å². The first-order valence-electron chi connectivity index (χ1n) is 18.7. The molecule has 0 N–H and O–H groups in total. The largest absolute Gasteiger partial charge is 0.311 e. The van der Waals surface area contributed by atoms with Crippen LogP contribution in [0.4, 0.5) is 17.1 Å². The maximum atomic E-state index is 2.37. The lowest BCUT2D eigenvalue weighted by molar-refractivity contribution is 0.608. The Bertz CT molecular complexity index is 2680. The summed E-state index contributed by atoms with van der Waals surface area (Å²) in [4.78, 5) is 10.4. The van der Waals surface area contributed by atoms with E-state index in [0.717, 1.165) is 17.1 Å². The van der Waals surface area contributed by atoms with Crippen molar-refractivity contribution in [3.8, 4) is 33.4 Å². The lowest BCUT2D eigenvalue weighted by atomic mass is 9.77. The molecule has 0 amide bonds. The van der Waals surface area contributed by atoms with E-state index in [4.69, 9.17) is 0 Å². The van der Waals surface area contributed by atoms with Crippen LogP contribution in [0.5, 0.6) is 0 Å². The molecule has 264 valence electrons. The molecule has 0 atom stereocenters. The van der Waals surface area contributed by atoms with Crippen LogP contribution in [0.15, 0.2) is 217 Å². The number of rotatable bonds is 6. The zero-order valence-corrected chi connectivity index (χ0v) is 33.0. The van der Waals surface area contributed by atoms with Crippen LogP contribution < -0.4 is 4.90 Å². The molecule has 0 aromatic heterocycles. The van der Waals surface area contributed by atoms with Crippen molar-refractivity contribution in [2.24, 2.45) is 0 Å². The second-order valence-electron chi connectivity index (χ2n) is 14.5. The summed E-state index contributed by atoms with van der Waals surface area (Å²) >= 11 is 5.65. The molecule has 10 rings (SSSR count). The summed E-state index contributed by atoms with van der Waals surface area (Å²) in [5.41, 5.74) is 13.5. The minimum atomic E-state index is -0.0664. The maximum Gasteiger partial charge on any atom is 0.0462 e. The Hall–Kier alpha value is -5.39. The Labute approximate surface area is 336 Å². The van der Waals surface area contributed by atoms with Crippen LogP contribution in [0.25, 0.3) is 33.4 Å². The highest BCUT2D eigenvalue weighted by molar-refractivity contribution is 8.05. The number of fused-ring (bicyclic) bond motifs is 4. The molecule has 1 nitrogen and oxygen atoms in total.